The number of unbranched alkanes of at least 4 members (excludes halogenated alkanes) is 2. The van der Waals surface area contributed by atoms with Gasteiger partial charge in [-0.15, -0.1) is 0 Å². The minimum Gasteiger partial charge on any atom is -0.378 e. The van der Waals surface area contributed by atoms with Gasteiger partial charge in [-0.05, 0) is 25.8 Å². The van der Waals surface area contributed by atoms with Crippen molar-refractivity contribution in [3.05, 3.63) is 0 Å². The highest BCUT2D eigenvalue weighted by Crippen LogP contribution is 2.15. The molecule has 0 fully saturated rings. The van der Waals surface area contributed by atoms with E-state index in [2.05, 4.69) is 0 Å². The van der Waals surface area contributed by atoms with Crippen molar-refractivity contribution >= 4 is 0 Å². The van der Waals surface area contributed by atoms with Crippen LogP contribution in [0.2, 0.25) is 0 Å². The monoisotopic (exact) mass is 337 g/mol. The minimum atomic E-state index is -1.11. The maximum Gasteiger partial charge on any atom is 0.280 e. The molecule has 0 aliphatic rings. The molecule has 6 N–H and O–H groups in total. The Kier molecular flexibility index (Phi) is 16.3. The molecule has 0 unspecified atom stereocenters. The van der Waals surface area contributed by atoms with Crippen LogP contribution in [0.5, 0.6) is 0 Å². The first kappa shape index (κ1) is 22.7. The minimum absolute atomic E-state index is 0.364. The van der Waals surface area contributed by atoms with Crippen molar-refractivity contribution in [2.45, 2.75) is 32.2 Å². The highest BCUT2D eigenvalue weighted by Gasteiger charge is 2.27. The van der Waals surface area contributed by atoms with E-state index < -0.39 is 5.97 Å². The Morgan fingerprint density at radius 1 is 0.565 bits per heavy atom. The molecule has 0 aromatic heterocycles. The van der Waals surface area contributed by atoms with E-state index in [4.69, 9.17) is 40.9 Å². The van der Waals surface area contributed by atoms with Gasteiger partial charge in [0.05, 0.1) is 46.2 Å². The lowest BCUT2D eigenvalue weighted by Gasteiger charge is -2.29. The third-order valence-electron chi connectivity index (χ3n) is 2.92. The van der Waals surface area contributed by atoms with Gasteiger partial charge in [-0.1, -0.05) is 0 Å². The highest BCUT2D eigenvalue weighted by molar-refractivity contribution is 4.51. The van der Waals surface area contributed by atoms with E-state index in [-0.39, 0.29) is 0 Å². The first-order valence-corrected chi connectivity index (χ1v) is 8.36. The molecule has 8 heteroatoms. The summed E-state index contributed by atoms with van der Waals surface area (Å²) in [6.07, 6.45) is 2.92. The third kappa shape index (κ3) is 15.0. The molecule has 140 valence electrons. The molecule has 8 nitrogen and oxygen atoms in total. The summed E-state index contributed by atoms with van der Waals surface area (Å²) in [4.78, 5) is 0. The molecule has 0 saturated carbocycles. The van der Waals surface area contributed by atoms with E-state index in [0.717, 1.165) is 19.3 Å². The smallest absolute Gasteiger partial charge is 0.280 e. The summed E-state index contributed by atoms with van der Waals surface area (Å²) in [5.74, 6) is -1.11. The summed E-state index contributed by atoms with van der Waals surface area (Å²) in [6, 6.07) is 0. The van der Waals surface area contributed by atoms with Crippen LogP contribution in [-0.4, -0.2) is 71.9 Å². The standard InChI is InChI=1S/C15H35N3O5/c1-15(21-8-4-2-3-5-16,22-13-11-19-9-6-17)23-14-12-20-10-7-18/h2-14,16-18H2,1H3. The summed E-state index contributed by atoms with van der Waals surface area (Å²) in [6.45, 7) is 6.60. The molecular formula is C15H35N3O5. The molecule has 0 aliphatic carbocycles. The van der Waals surface area contributed by atoms with Gasteiger partial charge in [0.25, 0.3) is 5.97 Å². The topological polar surface area (TPSA) is 124 Å². The second-order valence-corrected chi connectivity index (χ2v) is 5.06. The van der Waals surface area contributed by atoms with Gasteiger partial charge in [0, 0.05) is 20.0 Å². The molecule has 0 radical (unpaired) electrons. The number of hydrogen-bond donors (Lipinski definition) is 3. The Bertz CT molecular complexity index is 211. The summed E-state index contributed by atoms with van der Waals surface area (Å²) >= 11 is 0. The number of rotatable bonds is 18. The Hall–Kier alpha value is -0.320. The summed E-state index contributed by atoms with van der Waals surface area (Å²) in [5.41, 5.74) is 16.2. The Labute approximate surface area is 139 Å². The van der Waals surface area contributed by atoms with E-state index >= 15 is 0 Å². The Balaban J connectivity index is 4.00. The zero-order chi connectivity index (χ0) is 17.2. The lowest BCUT2D eigenvalue weighted by atomic mass is 10.2. The largest absolute Gasteiger partial charge is 0.378 e. The van der Waals surface area contributed by atoms with Crippen molar-refractivity contribution in [3.8, 4) is 0 Å². The normalized spacial score (nSPS) is 12.0. The molecular weight excluding hydrogens is 302 g/mol. The van der Waals surface area contributed by atoms with Crippen LogP contribution in [0.15, 0.2) is 0 Å². The predicted octanol–water partition coefficient (Wildman–Crippen LogP) is -0.210. The zero-order valence-electron chi connectivity index (χ0n) is 14.5. The molecule has 0 heterocycles. The van der Waals surface area contributed by atoms with Gasteiger partial charge >= 0.3 is 0 Å². The van der Waals surface area contributed by atoms with Crippen molar-refractivity contribution < 1.29 is 23.7 Å². The fraction of sp³-hybridized carbons (Fsp3) is 1.00. The first-order chi connectivity index (χ1) is 11.2. The molecule has 0 bridgehead atoms. The second-order valence-electron chi connectivity index (χ2n) is 5.06. The van der Waals surface area contributed by atoms with Gasteiger partial charge in [0.1, 0.15) is 0 Å². The van der Waals surface area contributed by atoms with Crippen LogP contribution in [-0.2, 0) is 23.7 Å². The van der Waals surface area contributed by atoms with Crippen LogP contribution < -0.4 is 17.2 Å². The van der Waals surface area contributed by atoms with E-state index in [1.165, 1.54) is 0 Å². The molecule has 23 heavy (non-hydrogen) atoms. The van der Waals surface area contributed by atoms with Gasteiger partial charge in [-0.3, -0.25) is 0 Å². The summed E-state index contributed by atoms with van der Waals surface area (Å²) in [7, 11) is 0. The van der Waals surface area contributed by atoms with E-state index in [1.54, 1.807) is 6.92 Å². The lowest BCUT2D eigenvalue weighted by Crippen LogP contribution is -2.38. The summed E-state index contributed by atoms with van der Waals surface area (Å²) < 4.78 is 27.7. The van der Waals surface area contributed by atoms with E-state index in [1.807, 2.05) is 0 Å². The van der Waals surface area contributed by atoms with Crippen molar-refractivity contribution in [2.24, 2.45) is 17.2 Å². The van der Waals surface area contributed by atoms with Gasteiger partial charge in [0.15, 0.2) is 0 Å². The quantitative estimate of drug-likeness (QED) is 0.232. The van der Waals surface area contributed by atoms with Crippen molar-refractivity contribution in [2.75, 3.05) is 65.9 Å². The maximum absolute atomic E-state index is 5.74. The van der Waals surface area contributed by atoms with Gasteiger partial charge < -0.3 is 40.9 Å². The molecule has 0 amide bonds. The molecule has 0 aliphatic heterocycles. The highest BCUT2D eigenvalue weighted by atomic mass is 16.9. The van der Waals surface area contributed by atoms with Crippen LogP contribution in [0, 0.1) is 0 Å². The zero-order valence-corrected chi connectivity index (χ0v) is 14.5. The SMILES string of the molecule is CC(OCCCCCN)(OCCOCCN)OCCOCCN. The van der Waals surface area contributed by atoms with E-state index in [0.29, 0.717) is 65.9 Å². The number of ether oxygens (including phenoxy) is 5. The van der Waals surface area contributed by atoms with Crippen molar-refractivity contribution in [1.29, 1.82) is 0 Å². The van der Waals surface area contributed by atoms with Crippen LogP contribution >= 0.6 is 0 Å². The van der Waals surface area contributed by atoms with Gasteiger partial charge in [-0.2, -0.15) is 0 Å². The van der Waals surface area contributed by atoms with Crippen molar-refractivity contribution in [3.63, 3.8) is 0 Å². The van der Waals surface area contributed by atoms with E-state index in [9.17, 15) is 0 Å². The lowest BCUT2D eigenvalue weighted by molar-refractivity contribution is -0.373. The van der Waals surface area contributed by atoms with Crippen LogP contribution in [0.4, 0.5) is 0 Å². The van der Waals surface area contributed by atoms with Crippen LogP contribution in [0.3, 0.4) is 0 Å². The molecule has 0 rings (SSSR count). The van der Waals surface area contributed by atoms with Crippen LogP contribution in [0.1, 0.15) is 26.2 Å². The Morgan fingerprint density at radius 2 is 1.09 bits per heavy atom. The number of nitrogens with two attached hydrogens (primary N) is 3. The van der Waals surface area contributed by atoms with Gasteiger partial charge in [0.2, 0.25) is 0 Å². The molecule has 0 spiro atoms. The number of hydrogen-bond acceptors (Lipinski definition) is 8. The van der Waals surface area contributed by atoms with Crippen LogP contribution in [0.25, 0.3) is 0 Å². The first-order valence-electron chi connectivity index (χ1n) is 8.36. The molecule has 0 saturated heterocycles. The second kappa shape index (κ2) is 16.5. The van der Waals surface area contributed by atoms with Gasteiger partial charge in [-0.25, -0.2) is 0 Å². The predicted molar refractivity (Wildman–Crippen MR) is 88.9 cm³/mol. The third-order valence-corrected chi connectivity index (χ3v) is 2.92. The average molecular weight is 337 g/mol. The molecule has 0 atom stereocenters. The average Bonchev–Trinajstić information content (AvgIpc) is 2.54. The molecule has 0 aromatic carbocycles. The fourth-order valence-corrected chi connectivity index (χ4v) is 1.75. The maximum atomic E-state index is 5.74. The fourth-order valence-electron chi connectivity index (χ4n) is 1.75. The Morgan fingerprint density at radius 3 is 1.57 bits per heavy atom. The molecule has 0 aromatic rings. The van der Waals surface area contributed by atoms with Crippen molar-refractivity contribution in [1.82, 2.24) is 0 Å². The summed E-state index contributed by atoms with van der Waals surface area (Å²) in [5, 5.41) is 0.